The molecule has 15 heavy (non-hydrogen) atoms. The minimum Gasteiger partial charge on any atom is -0.468 e. The predicted molar refractivity (Wildman–Crippen MR) is 58.7 cm³/mol. The van der Waals surface area contributed by atoms with E-state index in [9.17, 15) is 9.59 Å². The van der Waals surface area contributed by atoms with Gasteiger partial charge in [0.25, 0.3) is 0 Å². The van der Waals surface area contributed by atoms with Crippen LogP contribution in [0.2, 0.25) is 0 Å². The van der Waals surface area contributed by atoms with Gasteiger partial charge in [-0.3, -0.25) is 9.59 Å². The standard InChI is InChI=1S/C10H18ClNO3/c1-4-7(5-2)9(13)12-6-8(11)10(14)15-3/h7-8H,4-6H2,1-3H3,(H,12,13). The lowest BCUT2D eigenvalue weighted by atomic mass is 10.0. The number of nitrogens with one attached hydrogen (secondary N) is 1. The molecule has 4 nitrogen and oxygen atoms in total. The number of hydrogen-bond donors (Lipinski definition) is 1. The van der Waals surface area contributed by atoms with Crippen LogP contribution in [0.15, 0.2) is 0 Å². The molecule has 5 heteroatoms. The molecular formula is C10H18ClNO3. The summed E-state index contributed by atoms with van der Waals surface area (Å²) in [5.74, 6) is -0.595. The van der Waals surface area contributed by atoms with Gasteiger partial charge in [-0.05, 0) is 12.8 Å². The molecule has 88 valence electrons. The van der Waals surface area contributed by atoms with Crippen molar-refractivity contribution in [1.82, 2.24) is 5.32 Å². The van der Waals surface area contributed by atoms with Gasteiger partial charge in [-0.1, -0.05) is 13.8 Å². The third-order valence-electron chi connectivity index (χ3n) is 2.27. The quantitative estimate of drug-likeness (QED) is 0.558. The lowest BCUT2D eigenvalue weighted by Gasteiger charge is -2.14. The Balaban J connectivity index is 3.94. The predicted octanol–water partition coefficient (Wildman–Crippen LogP) is 1.32. The third kappa shape index (κ3) is 5.02. The summed E-state index contributed by atoms with van der Waals surface area (Å²) in [7, 11) is 1.26. The molecule has 0 heterocycles. The van der Waals surface area contributed by atoms with Gasteiger partial charge in [-0.2, -0.15) is 0 Å². The highest BCUT2D eigenvalue weighted by Gasteiger charge is 2.19. The summed E-state index contributed by atoms with van der Waals surface area (Å²) in [5, 5.41) is 1.82. The maximum atomic E-state index is 11.5. The van der Waals surface area contributed by atoms with Crippen molar-refractivity contribution in [3.8, 4) is 0 Å². The Labute approximate surface area is 95.3 Å². The van der Waals surface area contributed by atoms with Crippen molar-refractivity contribution < 1.29 is 14.3 Å². The largest absolute Gasteiger partial charge is 0.468 e. The molecule has 1 unspecified atom stereocenters. The first-order chi connectivity index (χ1) is 7.06. The van der Waals surface area contributed by atoms with Gasteiger partial charge in [0.15, 0.2) is 0 Å². The molecule has 0 aromatic rings. The van der Waals surface area contributed by atoms with Crippen molar-refractivity contribution in [3.63, 3.8) is 0 Å². The molecule has 0 rings (SSSR count). The fourth-order valence-electron chi connectivity index (χ4n) is 1.21. The maximum Gasteiger partial charge on any atom is 0.325 e. The van der Waals surface area contributed by atoms with Crippen molar-refractivity contribution in [2.45, 2.75) is 32.1 Å². The highest BCUT2D eigenvalue weighted by Crippen LogP contribution is 2.07. The summed E-state index contributed by atoms with van der Waals surface area (Å²) in [6.07, 6.45) is 1.57. The highest BCUT2D eigenvalue weighted by atomic mass is 35.5. The smallest absolute Gasteiger partial charge is 0.325 e. The lowest BCUT2D eigenvalue weighted by Crippen LogP contribution is -2.37. The van der Waals surface area contributed by atoms with Gasteiger partial charge in [0.05, 0.1) is 7.11 Å². The molecule has 0 radical (unpaired) electrons. The third-order valence-corrected chi connectivity index (χ3v) is 2.60. The van der Waals surface area contributed by atoms with Gasteiger partial charge in [0.1, 0.15) is 5.38 Å². The second kappa shape index (κ2) is 7.51. The van der Waals surface area contributed by atoms with Crippen molar-refractivity contribution >= 4 is 23.5 Å². The number of alkyl halides is 1. The number of rotatable bonds is 6. The monoisotopic (exact) mass is 235 g/mol. The number of methoxy groups -OCH3 is 1. The lowest BCUT2D eigenvalue weighted by molar-refractivity contribution is -0.140. The number of halogens is 1. The summed E-state index contributed by atoms with van der Waals surface area (Å²) < 4.78 is 4.44. The molecule has 0 aromatic heterocycles. The van der Waals surface area contributed by atoms with E-state index in [0.717, 1.165) is 12.8 Å². The van der Waals surface area contributed by atoms with Crippen LogP contribution in [0.25, 0.3) is 0 Å². The van der Waals surface area contributed by atoms with Crippen LogP contribution >= 0.6 is 11.6 Å². The molecule has 1 atom stereocenters. The number of hydrogen-bond acceptors (Lipinski definition) is 3. The van der Waals surface area contributed by atoms with Crippen molar-refractivity contribution in [2.24, 2.45) is 5.92 Å². The van der Waals surface area contributed by atoms with Crippen molar-refractivity contribution in [3.05, 3.63) is 0 Å². The fourth-order valence-corrected chi connectivity index (χ4v) is 1.37. The first kappa shape index (κ1) is 14.2. The Hall–Kier alpha value is -0.770. The summed E-state index contributed by atoms with van der Waals surface area (Å²) in [6, 6.07) is 0. The number of carbonyl (C=O) groups is 2. The first-order valence-corrected chi connectivity index (χ1v) is 5.50. The molecule has 0 fully saturated rings. The summed E-state index contributed by atoms with van der Waals surface area (Å²) in [5.41, 5.74) is 0. The molecule has 1 amide bonds. The first-order valence-electron chi connectivity index (χ1n) is 5.06. The average Bonchev–Trinajstić information content (AvgIpc) is 2.26. The topological polar surface area (TPSA) is 55.4 Å². The Morgan fingerprint density at radius 3 is 2.27 bits per heavy atom. The molecule has 0 aromatic carbocycles. The molecule has 0 aliphatic rings. The van der Waals surface area contributed by atoms with E-state index in [1.165, 1.54) is 7.11 Å². The molecule has 0 bridgehead atoms. The SMILES string of the molecule is CCC(CC)C(=O)NCC(Cl)C(=O)OC. The summed E-state index contributed by atoms with van der Waals surface area (Å²) >= 11 is 5.68. The molecule has 1 N–H and O–H groups in total. The molecule has 0 spiro atoms. The molecular weight excluding hydrogens is 218 g/mol. The number of carbonyl (C=O) groups excluding carboxylic acids is 2. The van der Waals surface area contributed by atoms with Gasteiger partial charge in [0, 0.05) is 12.5 Å². The average molecular weight is 236 g/mol. The van der Waals surface area contributed by atoms with Gasteiger partial charge >= 0.3 is 5.97 Å². The van der Waals surface area contributed by atoms with E-state index in [2.05, 4.69) is 10.1 Å². The van der Waals surface area contributed by atoms with Gasteiger partial charge in [-0.25, -0.2) is 0 Å². The number of amides is 1. The van der Waals surface area contributed by atoms with Crippen LogP contribution in [0.4, 0.5) is 0 Å². The molecule has 0 aliphatic carbocycles. The van der Waals surface area contributed by atoms with Crippen LogP contribution in [0.5, 0.6) is 0 Å². The van der Waals surface area contributed by atoms with Crippen LogP contribution in [-0.2, 0) is 14.3 Å². The zero-order valence-corrected chi connectivity index (χ0v) is 10.1. The van der Waals surface area contributed by atoms with Crippen LogP contribution in [0.1, 0.15) is 26.7 Å². The highest BCUT2D eigenvalue weighted by molar-refractivity contribution is 6.30. The normalized spacial score (nSPS) is 12.3. The van der Waals surface area contributed by atoms with Gasteiger partial charge in [-0.15, -0.1) is 11.6 Å². The second-order valence-corrected chi connectivity index (χ2v) is 3.78. The number of esters is 1. The molecule has 0 aliphatic heterocycles. The van der Waals surface area contributed by atoms with E-state index in [4.69, 9.17) is 11.6 Å². The second-order valence-electron chi connectivity index (χ2n) is 3.25. The van der Waals surface area contributed by atoms with E-state index in [0.29, 0.717) is 0 Å². The van der Waals surface area contributed by atoms with E-state index in [1.54, 1.807) is 0 Å². The Bertz CT molecular complexity index is 217. The van der Waals surface area contributed by atoms with Gasteiger partial charge < -0.3 is 10.1 Å². The van der Waals surface area contributed by atoms with Gasteiger partial charge in [0.2, 0.25) is 5.91 Å². The van der Waals surface area contributed by atoms with Crippen LogP contribution in [0, 0.1) is 5.92 Å². The Morgan fingerprint density at radius 2 is 1.87 bits per heavy atom. The fraction of sp³-hybridized carbons (Fsp3) is 0.800. The van der Waals surface area contributed by atoms with Crippen LogP contribution < -0.4 is 5.32 Å². The molecule has 0 saturated heterocycles. The summed E-state index contributed by atoms with van der Waals surface area (Å²) in [6.45, 7) is 4.02. The Morgan fingerprint density at radius 1 is 1.33 bits per heavy atom. The minimum atomic E-state index is -0.812. The number of ether oxygens (including phenoxy) is 1. The van der Waals surface area contributed by atoms with E-state index >= 15 is 0 Å². The van der Waals surface area contributed by atoms with Crippen molar-refractivity contribution in [1.29, 1.82) is 0 Å². The summed E-state index contributed by atoms with van der Waals surface area (Å²) in [4.78, 5) is 22.4. The maximum absolute atomic E-state index is 11.5. The van der Waals surface area contributed by atoms with Crippen LogP contribution in [-0.4, -0.2) is 30.9 Å². The minimum absolute atomic E-state index is 0.00786. The Kier molecular flexibility index (Phi) is 7.13. The van der Waals surface area contributed by atoms with E-state index in [1.807, 2.05) is 13.8 Å². The van der Waals surface area contributed by atoms with E-state index in [-0.39, 0.29) is 18.4 Å². The van der Waals surface area contributed by atoms with Crippen LogP contribution in [0.3, 0.4) is 0 Å². The van der Waals surface area contributed by atoms with Crippen molar-refractivity contribution in [2.75, 3.05) is 13.7 Å². The van der Waals surface area contributed by atoms with E-state index < -0.39 is 11.3 Å². The zero-order valence-electron chi connectivity index (χ0n) is 9.38. The zero-order chi connectivity index (χ0) is 11.8. The molecule has 0 saturated carbocycles.